The predicted molar refractivity (Wildman–Crippen MR) is 122 cm³/mol. The van der Waals surface area contributed by atoms with Gasteiger partial charge in [0.05, 0.1) is 11.5 Å². The Hall–Kier alpha value is -1.29. The van der Waals surface area contributed by atoms with Crippen LogP contribution in [0.5, 0.6) is 0 Å². The maximum atomic E-state index is 10.4. The van der Waals surface area contributed by atoms with E-state index in [1.807, 2.05) is 0 Å². The highest BCUT2D eigenvalue weighted by atomic mass is 14.7. The van der Waals surface area contributed by atoms with Crippen LogP contribution in [0, 0.1) is 57.2 Å². The topological polar surface area (TPSA) is 23.8 Å². The summed E-state index contributed by atoms with van der Waals surface area (Å²) in [5.41, 5.74) is 3.02. The summed E-state index contributed by atoms with van der Waals surface area (Å²) in [5.74, 6) is 3.53. The third-order valence-corrected chi connectivity index (χ3v) is 10.5. The highest BCUT2D eigenvalue weighted by molar-refractivity contribution is 5.26. The number of hydrogen-bond donors (Lipinski definition) is 0. The third kappa shape index (κ3) is 2.92. The molecule has 0 saturated heterocycles. The Morgan fingerprint density at radius 2 is 1.97 bits per heavy atom. The van der Waals surface area contributed by atoms with Gasteiger partial charge in [0.15, 0.2) is 0 Å². The number of nitrogens with zero attached hydrogens (tertiary/aromatic N) is 1. The zero-order valence-corrected chi connectivity index (χ0v) is 19.1. The number of nitriles is 1. The van der Waals surface area contributed by atoms with Crippen molar-refractivity contribution in [3.05, 3.63) is 37.0 Å². The maximum Gasteiger partial charge on any atom is 0.0699 e. The van der Waals surface area contributed by atoms with Crippen LogP contribution < -0.4 is 0 Å². The van der Waals surface area contributed by atoms with Crippen molar-refractivity contribution in [1.29, 1.82) is 5.26 Å². The molecule has 8 atom stereocenters. The summed E-state index contributed by atoms with van der Waals surface area (Å²) in [5, 5.41) is 10.4. The van der Waals surface area contributed by atoms with E-state index < -0.39 is 0 Å². The van der Waals surface area contributed by atoms with Gasteiger partial charge in [-0.1, -0.05) is 37.6 Å². The van der Waals surface area contributed by atoms with Crippen molar-refractivity contribution in [2.75, 3.05) is 0 Å². The Bertz CT molecular complexity index is 755. The Morgan fingerprint density at radius 3 is 2.62 bits per heavy atom. The molecule has 4 saturated carbocycles. The second kappa shape index (κ2) is 7.14. The van der Waals surface area contributed by atoms with Gasteiger partial charge >= 0.3 is 0 Å². The van der Waals surface area contributed by atoms with Crippen LogP contribution in [-0.2, 0) is 0 Å². The predicted octanol–water partition coefficient (Wildman–Crippen LogP) is 7.86. The Balaban J connectivity index is 1.69. The lowest BCUT2D eigenvalue weighted by molar-refractivity contribution is -0.147. The molecule has 0 aromatic heterocycles. The number of allylic oxidation sites excluding steroid dienone is 3. The molecule has 0 aromatic rings. The van der Waals surface area contributed by atoms with E-state index in [0.29, 0.717) is 17.3 Å². The molecule has 4 rings (SSSR count). The lowest BCUT2D eigenvalue weighted by Gasteiger charge is -2.65. The van der Waals surface area contributed by atoms with Crippen molar-refractivity contribution < 1.29 is 0 Å². The van der Waals surface area contributed by atoms with E-state index in [1.54, 1.807) is 0 Å². The van der Waals surface area contributed by atoms with Crippen molar-refractivity contribution in [1.82, 2.24) is 0 Å². The van der Waals surface area contributed by atoms with Crippen LogP contribution in [0.25, 0.3) is 0 Å². The molecule has 7 unspecified atom stereocenters. The lowest BCUT2D eigenvalue weighted by Crippen LogP contribution is -2.60. The first-order valence-electron chi connectivity index (χ1n) is 12.1. The fraction of sp³-hybridized carbons (Fsp3) is 0.750. The van der Waals surface area contributed by atoms with E-state index in [-0.39, 0.29) is 10.8 Å². The summed E-state index contributed by atoms with van der Waals surface area (Å²) in [6, 6.07) is 2.88. The smallest absolute Gasteiger partial charge is 0.0699 e. The molecular formula is C28H41N. The third-order valence-electron chi connectivity index (χ3n) is 10.5. The maximum absolute atomic E-state index is 10.4. The Morgan fingerprint density at radius 1 is 1.21 bits per heavy atom. The molecule has 0 radical (unpaired) electrons. The largest absolute Gasteiger partial charge is 0.198 e. The van der Waals surface area contributed by atoms with Crippen molar-refractivity contribution in [3.63, 3.8) is 0 Å². The van der Waals surface area contributed by atoms with Gasteiger partial charge in [0.25, 0.3) is 0 Å². The summed E-state index contributed by atoms with van der Waals surface area (Å²) in [6.07, 6.45) is 14.4. The van der Waals surface area contributed by atoms with Crippen LogP contribution in [-0.4, -0.2) is 0 Å². The molecule has 1 heteroatoms. The molecule has 4 aliphatic carbocycles. The van der Waals surface area contributed by atoms with Crippen molar-refractivity contribution in [2.45, 2.75) is 85.0 Å². The van der Waals surface area contributed by atoms with E-state index in [0.717, 1.165) is 43.4 Å². The molecule has 0 aromatic carbocycles. The van der Waals surface area contributed by atoms with Crippen LogP contribution >= 0.6 is 0 Å². The number of hydrogen-bond acceptors (Lipinski definition) is 1. The van der Waals surface area contributed by atoms with Gasteiger partial charge < -0.3 is 0 Å². The zero-order chi connectivity index (χ0) is 21.0. The lowest BCUT2D eigenvalue weighted by atomic mass is 9.38. The highest BCUT2D eigenvalue weighted by Crippen LogP contribution is 2.72. The summed E-state index contributed by atoms with van der Waals surface area (Å²) >= 11 is 0. The second-order valence-electron chi connectivity index (χ2n) is 11.7. The SMILES string of the molecule is C=CC1CC2(C#N)CC(=C)CCC2(C)C2CCC3(C)C(CC[C@H]3CCC(=C)C)C12. The molecule has 0 spiro atoms. The number of rotatable bonds is 4. The minimum absolute atomic E-state index is 0.143. The van der Waals surface area contributed by atoms with E-state index in [2.05, 4.69) is 52.7 Å². The van der Waals surface area contributed by atoms with Crippen molar-refractivity contribution >= 4 is 0 Å². The molecule has 0 heterocycles. The molecule has 158 valence electrons. The molecule has 0 amide bonds. The molecule has 4 aliphatic rings. The van der Waals surface area contributed by atoms with Crippen LogP contribution in [0.1, 0.15) is 85.0 Å². The van der Waals surface area contributed by atoms with E-state index in [9.17, 15) is 5.26 Å². The van der Waals surface area contributed by atoms with Gasteiger partial charge in [0.2, 0.25) is 0 Å². The van der Waals surface area contributed by atoms with E-state index in [4.69, 9.17) is 0 Å². The Labute approximate surface area is 179 Å². The molecule has 29 heavy (non-hydrogen) atoms. The first-order valence-corrected chi connectivity index (χ1v) is 12.1. The molecular weight excluding hydrogens is 350 g/mol. The molecule has 0 N–H and O–H groups in total. The van der Waals surface area contributed by atoms with Gasteiger partial charge in [0, 0.05) is 0 Å². The quantitative estimate of drug-likeness (QED) is 0.447. The first kappa shape index (κ1) is 21.0. The number of fused-ring (bicyclic) bond motifs is 5. The average Bonchev–Trinajstić information content (AvgIpc) is 3.02. The fourth-order valence-electron chi connectivity index (χ4n) is 8.77. The molecule has 0 bridgehead atoms. The second-order valence-corrected chi connectivity index (χ2v) is 11.7. The first-order chi connectivity index (χ1) is 13.7. The van der Waals surface area contributed by atoms with Crippen LogP contribution in [0.2, 0.25) is 0 Å². The van der Waals surface area contributed by atoms with Crippen molar-refractivity contribution in [3.8, 4) is 6.07 Å². The minimum Gasteiger partial charge on any atom is -0.198 e. The summed E-state index contributed by atoms with van der Waals surface area (Å²) in [7, 11) is 0. The fourth-order valence-corrected chi connectivity index (χ4v) is 8.77. The summed E-state index contributed by atoms with van der Waals surface area (Å²) in [6.45, 7) is 20.0. The van der Waals surface area contributed by atoms with Gasteiger partial charge in [-0.3, -0.25) is 0 Å². The average molecular weight is 392 g/mol. The van der Waals surface area contributed by atoms with Crippen molar-refractivity contribution in [2.24, 2.45) is 45.8 Å². The minimum atomic E-state index is -0.228. The molecule has 4 fully saturated rings. The summed E-state index contributed by atoms with van der Waals surface area (Å²) in [4.78, 5) is 0. The normalized spacial score (nSPS) is 48.8. The van der Waals surface area contributed by atoms with Crippen LogP contribution in [0.4, 0.5) is 0 Å². The van der Waals surface area contributed by atoms with Gasteiger partial charge in [0.1, 0.15) is 0 Å². The van der Waals surface area contributed by atoms with E-state index >= 15 is 0 Å². The van der Waals surface area contributed by atoms with E-state index in [1.165, 1.54) is 49.7 Å². The highest BCUT2D eigenvalue weighted by Gasteiger charge is 2.66. The van der Waals surface area contributed by atoms with Crippen LogP contribution in [0.3, 0.4) is 0 Å². The van der Waals surface area contributed by atoms with Gasteiger partial charge in [-0.15, -0.1) is 13.2 Å². The Kier molecular flexibility index (Phi) is 5.16. The molecule has 1 nitrogen and oxygen atoms in total. The standard InChI is InChI=1S/C28H41N/c1-7-21-17-28(18-29)16-20(4)12-15-27(28,6)24-13-14-26(5)22(9-8-19(2)3)10-11-23(26)25(21)24/h7,21-25H,1-2,4,8-17H2,3,5-6H3/t21?,22-,23?,24?,25?,26?,27?,28?/m1/s1. The zero-order valence-electron chi connectivity index (χ0n) is 19.1. The van der Waals surface area contributed by atoms with Gasteiger partial charge in [-0.2, -0.15) is 5.26 Å². The van der Waals surface area contributed by atoms with Crippen LogP contribution in [0.15, 0.2) is 37.0 Å². The molecule has 0 aliphatic heterocycles. The van der Waals surface area contributed by atoms with Gasteiger partial charge in [-0.05, 0) is 112 Å². The monoisotopic (exact) mass is 391 g/mol. The van der Waals surface area contributed by atoms with Gasteiger partial charge in [-0.25, -0.2) is 0 Å². The summed E-state index contributed by atoms with van der Waals surface area (Å²) < 4.78 is 0.